The Morgan fingerprint density at radius 3 is 2.68 bits per heavy atom. The number of benzene rings is 2. The molecule has 0 aliphatic heterocycles. The third-order valence-electron chi connectivity index (χ3n) is 4.94. The van der Waals surface area contributed by atoms with Gasteiger partial charge >= 0.3 is 0 Å². The third-order valence-corrected chi connectivity index (χ3v) is 4.94. The van der Waals surface area contributed by atoms with Crippen molar-refractivity contribution in [2.45, 2.75) is 6.42 Å². The van der Waals surface area contributed by atoms with E-state index in [2.05, 4.69) is 15.6 Å². The van der Waals surface area contributed by atoms with Crippen molar-refractivity contribution in [1.29, 1.82) is 0 Å². The van der Waals surface area contributed by atoms with Crippen LogP contribution in [-0.4, -0.2) is 41.5 Å². The van der Waals surface area contributed by atoms with E-state index in [9.17, 15) is 4.79 Å². The molecule has 4 aromatic rings. The number of hydrogen-bond acceptors (Lipinski definition) is 6. The predicted molar refractivity (Wildman–Crippen MR) is 119 cm³/mol. The largest absolute Gasteiger partial charge is 0.493 e. The lowest BCUT2D eigenvalue weighted by Gasteiger charge is -2.14. The van der Waals surface area contributed by atoms with Gasteiger partial charge in [0.25, 0.3) is 0 Å². The Morgan fingerprint density at radius 1 is 1.10 bits per heavy atom. The van der Waals surface area contributed by atoms with Gasteiger partial charge in [-0.1, -0.05) is 24.3 Å². The number of ether oxygens (including phenoxy) is 2. The number of hydrogen-bond donors (Lipinski definition) is 2. The summed E-state index contributed by atoms with van der Waals surface area (Å²) in [5.74, 6) is 1.78. The van der Waals surface area contributed by atoms with E-state index in [0.717, 1.165) is 22.5 Å². The van der Waals surface area contributed by atoms with Gasteiger partial charge in [-0.2, -0.15) is 0 Å². The standard InChI is InChI=1S/C23H23N5O3/c1-24-21(29)12-15-6-4-5-7-17(15)18-14-28-11-10-25-23(28)22(27-18)26-16-8-9-19(30-2)20(13-16)31-3/h4-11,13-14H,12H2,1-3H3,(H,24,29)(H,26,27). The van der Waals surface area contributed by atoms with E-state index < -0.39 is 0 Å². The Morgan fingerprint density at radius 2 is 1.90 bits per heavy atom. The average Bonchev–Trinajstić information content (AvgIpc) is 3.28. The summed E-state index contributed by atoms with van der Waals surface area (Å²) >= 11 is 0. The van der Waals surface area contributed by atoms with Gasteiger partial charge in [0, 0.05) is 43.0 Å². The minimum Gasteiger partial charge on any atom is -0.493 e. The second kappa shape index (κ2) is 8.74. The molecule has 0 saturated carbocycles. The number of anilines is 2. The Bertz CT molecular complexity index is 1240. The lowest BCUT2D eigenvalue weighted by molar-refractivity contribution is -0.119. The third kappa shape index (κ3) is 4.13. The second-order valence-corrected chi connectivity index (χ2v) is 6.83. The smallest absolute Gasteiger partial charge is 0.224 e. The SMILES string of the molecule is CNC(=O)Cc1ccccc1-c1cn2ccnc2c(Nc2ccc(OC)c(OC)c2)n1. The molecule has 0 spiro atoms. The van der Waals surface area contributed by atoms with Gasteiger partial charge in [0.1, 0.15) is 0 Å². The highest BCUT2D eigenvalue weighted by Crippen LogP contribution is 2.32. The van der Waals surface area contributed by atoms with Crippen LogP contribution >= 0.6 is 0 Å². The first-order valence-corrected chi connectivity index (χ1v) is 9.74. The van der Waals surface area contributed by atoms with E-state index in [1.807, 2.05) is 59.3 Å². The molecule has 2 aromatic heterocycles. The quantitative estimate of drug-likeness (QED) is 0.479. The summed E-state index contributed by atoms with van der Waals surface area (Å²) in [4.78, 5) is 21.2. The highest BCUT2D eigenvalue weighted by Gasteiger charge is 2.14. The first kappa shape index (κ1) is 20.2. The molecule has 1 amide bonds. The molecule has 2 N–H and O–H groups in total. The summed E-state index contributed by atoms with van der Waals surface area (Å²) in [6.07, 6.45) is 5.76. The molecule has 158 valence electrons. The van der Waals surface area contributed by atoms with Gasteiger partial charge in [0.2, 0.25) is 5.91 Å². The van der Waals surface area contributed by atoms with Gasteiger partial charge in [0.15, 0.2) is 23.0 Å². The molecule has 0 aliphatic rings. The minimum absolute atomic E-state index is 0.0557. The zero-order chi connectivity index (χ0) is 21.8. The molecule has 2 heterocycles. The number of rotatable bonds is 7. The molecule has 0 bridgehead atoms. The highest BCUT2D eigenvalue weighted by atomic mass is 16.5. The minimum atomic E-state index is -0.0557. The Balaban J connectivity index is 1.77. The van der Waals surface area contributed by atoms with Gasteiger partial charge in [0.05, 0.1) is 26.3 Å². The zero-order valence-electron chi connectivity index (χ0n) is 17.5. The van der Waals surface area contributed by atoms with Crippen LogP contribution in [0.3, 0.4) is 0 Å². The summed E-state index contributed by atoms with van der Waals surface area (Å²) in [6.45, 7) is 0. The van der Waals surface area contributed by atoms with Crippen molar-refractivity contribution >= 4 is 23.1 Å². The Hall–Kier alpha value is -4.07. The Labute approximate surface area is 179 Å². The lowest BCUT2D eigenvalue weighted by Crippen LogP contribution is -2.20. The maximum Gasteiger partial charge on any atom is 0.224 e. The molecule has 4 rings (SSSR count). The van der Waals surface area contributed by atoms with E-state index in [-0.39, 0.29) is 12.3 Å². The number of likely N-dealkylation sites (N-methyl/N-ethyl adjacent to an activating group) is 1. The molecular weight excluding hydrogens is 394 g/mol. The molecule has 31 heavy (non-hydrogen) atoms. The number of methoxy groups -OCH3 is 2. The van der Waals surface area contributed by atoms with Crippen LogP contribution in [0.4, 0.5) is 11.5 Å². The van der Waals surface area contributed by atoms with E-state index in [1.54, 1.807) is 27.5 Å². The van der Waals surface area contributed by atoms with Crippen LogP contribution in [0.1, 0.15) is 5.56 Å². The first-order chi connectivity index (χ1) is 15.1. The van der Waals surface area contributed by atoms with Crippen molar-refractivity contribution in [3.05, 3.63) is 66.6 Å². The monoisotopic (exact) mass is 417 g/mol. The summed E-state index contributed by atoms with van der Waals surface area (Å²) in [7, 11) is 4.82. The van der Waals surface area contributed by atoms with Gasteiger partial charge < -0.3 is 24.5 Å². The normalized spacial score (nSPS) is 10.7. The molecule has 8 nitrogen and oxygen atoms in total. The highest BCUT2D eigenvalue weighted by molar-refractivity contribution is 5.82. The average molecular weight is 417 g/mol. The summed E-state index contributed by atoms with van der Waals surface area (Å²) < 4.78 is 12.6. The van der Waals surface area contributed by atoms with Crippen molar-refractivity contribution in [3.8, 4) is 22.8 Å². The van der Waals surface area contributed by atoms with Crippen LogP contribution in [-0.2, 0) is 11.2 Å². The van der Waals surface area contributed by atoms with Crippen LogP contribution < -0.4 is 20.1 Å². The fraction of sp³-hybridized carbons (Fsp3) is 0.174. The number of imidazole rings is 1. The van der Waals surface area contributed by atoms with Crippen LogP contribution in [0.25, 0.3) is 16.9 Å². The van der Waals surface area contributed by atoms with Crippen LogP contribution in [0, 0.1) is 0 Å². The first-order valence-electron chi connectivity index (χ1n) is 9.74. The van der Waals surface area contributed by atoms with E-state index in [1.165, 1.54) is 0 Å². The van der Waals surface area contributed by atoms with E-state index >= 15 is 0 Å². The van der Waals surface area contributed by atoms with Gasteiger partial charge in [-0.25, -0.2) is 9.97 Å². The number of nitrogens with one attached hydrogen (secondary N) is 2. The van der Waals surface area contributed by atoms with Gasteiger partial charge in [-0.15, -0.1) is 0 Å². The number of fused-ring (bicyclic) bond motifs is 1. The maximum absolute atomic E-state index is 12.0. The summed E-state index contributed by atoms with van der Waals surface area (Å²) in [5, 5.41) is 6.00. The molecule has 8 heteroatoms. The van der Waals surface area contributed by atoms with Crippen molar-refractivity contribution in [2.24, 2.45) is 0 Å². The number of aromatic nitrogens is 3. The summed E-state index contributed by atoms with van der Waals surface area (Å²) in [6, 6.07) is 13.3. The topological polar surface area (TPSA) is 89.8 Å². The van der Waals surface area contributed by atoms with Gasteiger partial charge in [-0.3, -0.25) is 4.79 Å². The zero-order valence-corrected chi connectivity index (χ0v) is 17.5. The molecule has 0 radical (unpaired) electrons. The van der Waals surface area contributed by atoms with Crippen molar-refractivity contribution in [2.75, 3.05) is 26.6 Å². The predicted octanol–water partition coefficient (Wildman–Crippen LogP) is 3.45. The fourth-order valence-corrected chi connectivity index (χ4v) is 3.38. The number of amides is 1. The summed E-state index contributed by atoms with van der Waals surface area (Å²) in [5.41, 5.74) is 3.98. The molecule has 0 saturated heterocycles. The van der Waals surface area contributed by atoms with E-state index in [4.69, 9.17) is 14.5 Å². The number of carbonyl (C=O) groups excluding carboxylic acids is 1. The second-order valence-electron chi connectivity index (χ2n) is 6.83. The molecule has 0 unspecified atom stereocenters. The molecule has 0 fully saturated rings. The van der Waals surface area contributed by atoms with Crippen molar-refractivity contribution in [1.82, 2.24) is 19.7 Å². The van der Waals surface area contributed by atoms with E-state index in [0.29, 0.717) is 23.0 Å². The van der Waals surface area contributed by atoms with Crippen LogP contribution in [0.5, 0.6) is 11.5 Å². The maximum atomic E-state index is 12.0. The lowest BCUT2D eigenvalue weighted by atomic mass is 10.0. The molecule has 2 aromatic carbocycles. The van der Waals surface area contributed by atoms with Gasteiger partial charge in [-0.05, 0) is 17.7 Å². The number of carbonyl (C=O) groups is 1. The van der Waals surface area contributed by atoms with Crippen LogP contribution in [0.2, 0.25) is 0 Å². The number of nitrogens with zero attached hydrogens (tertiary/aromatic N) is 3. The fourth-order valence-electron chi connectivity index (χ4n) is 3.38. The van der Waals surface area contributed by atoms with Crippen molar-refractivity contribution in [3.63, 3.8) is 0 Å². The van der Waals surface area contributed by atoms with Crippen LogP contribution in [0.15, 0.2) is 61.1 Å². The molecule has 0 atom stereocenters. The molecular formula is C23H23N5O3. The molecule has 0 aliphatic carbocycles. The van der Waals surface area contributed by atoms with Crippen molar-refractivity contribution < 1.29 is 14.3 Å². The Kier molecular flexibility index (Phi) is 5.70.